The highest BCUT2D eigenvalue weighted by Crippen LogP contribution is 2.40. The molecule has 1 aromatic heterocycles. The standard InChI is InChI=1S/C11H5Cl4NO/c12-8-2-1-6(9(13)10(8)14)7-3-5(17)4-16-11(7)15/h1-4,17H. The number of rotatable bonds is 1. The number of benzene rings is 1. The van der Waals surface area contributed by atoms with Crippen LogP contribution in [0.1, 0.15) is 0 Å². The summed E-state index contributed by atoms with van der Waals surface area (Å²) in [6.45, 7) is 0. The molecule has 0 aliphatic rings. The number of halogens is 4. The van der Waals surface area contributed by atoms with Gasteiger partial charge in [0.25, 0.3) is 0 Å². The number of aromatic hydroxyl groups is 1. The smallest absolute Gasteiger partial charge is 0.137 e. The zero-order valence-electron chi connectivity index (χ0n) is 8.22. The van der Waals surface area contributed by atoms with Gasteiger partial charge < -0.3 is 5.11 Å². The summed E-state index contributed by atoms with van der Waals surface area (Å²) in [5.74, 6) is -0.00783. The van der Waals surface area contributed by atoms with E-state index in [0.29, 0.717) is 16.1 Å². The third-order valence-corrected chi connectivity index (χ3v) is 3.74. The van der Waals surface area contributed by atoms with Crippen molar-refractivity contribution in [3.05, 3.63) is 44.6 Å². The van der Waals surface area contributed by atoms with Crippen molar-refractivity contribution < 1.29 is 5.11 Å². The molecule has 0 saturated carbocycles. The Morgan fingerprint density at radius 3 is 2.35 bits per heavy atom. The van der Waals surface area contributed by atoms with Crippen molar-refractivity contribution in [2.75, 3.05) is 0 Å². The van der Waals surface area contributed by atoms with Gasteiger partial charge in [-0.25, -0.2) is 4.98 Å². The fourth-order valence-corrected chi connectivity index (χ4v) is 2.20. The Bertz CT molecular complexity index is 586. The monoisotopic (exact) mass is 307 g/mol. The largest absolute Gasteiger partial charge is 0.506 e. The molecule has 2 nitrogen and oxygen atoms in total. The Morgan fingerprint density at radius 2 is 1.65 bits per heavy atom. The second-order valence-electron chi connectivity index (χ2n) is 3.25. The number of hydrogen-bond acceptors (Lipinski definition) is 2. The molecule has 0 radical (unpaired) electrons. The first kappa shape index (κ1) is 12.8. The van der Waals surface area contributed by atoms with Gasteiger partial charge in [-0.1, -0.05) is 52.5 Å². The highest BCUT2D eigenvalue weighted by Gasteiger charge is 2.14. The van der Waals surface area contributed by atoms with Crippen molar-refractivity contribution in [2.45, 2.75) is 0 Å². The van der Waals surface area contributed by atoms with Gasteiger partial charge in [0.15, 0.2) is 0 Å². The number of nitrogens with zero attached hydrogens (tertiary/aromatic N) is 1. The van der Waals surface area contributed by atoms with Crippen molar-refractivity contribution in [2.24, 2.45) is 0 Å². The fourth-order valence-electron chi connectivity index (χ4n) is 1.36. The third kappa shape index (κ3) is 2.45. The van der Waals surface area contributed by atoms with Gasteiger partial charge in [-0.05, 0) is 12.1 Å². The van der Waals surface area contributed by atoms with Crippen LogP contribution < -0.4 is 0 Å². The van der Waals surface area contributed by atoms with Crippen LogP contribution in [0.4, 0.5) is 0 Å². The van der Waals surface area contributed by atoms with Crippen LogP contribution in [0.5, 0.6) is 5.75 Å². The van der Waals surface area contributed by atoms with Crippen LogP contribution >= 0.6 is 46.4 Å². The van der Waals surface area contributed by atoms with Crippen LogP contribution in [0, 0.1) is 0 Å². The summed E-state index contributed by atoms with van der Waals surface area (Å²) >= 11 is 23.8. The molecule has 0 atom stereocenters. The molecule has 0 bridgehead atoms. The van der Waals surface area contributed by atoms with Crippen LogP contribution in [-0.4, -0.2) is 10.1 Å². The molecule has 0 saturated heterocycles. The van der Waals surface area contributed by atoms with Gasteiger partial charge in [0.05, 0.1) is 21.3 Å². The van der Waals surface area contributed by atoms with Gasteiger partial charge in [0.1, 0.15) is 10.9 Å². The van der Waals surface area contributed by atoms with E-state index < -0.39 is 0 Å². The maximum atomic E-state index is 9.39. The normalized spacial score (nSPS) is 10.6. The van der Waals surface area contributed by atoms with Gasteiger partial charge >= 0.3 is 0 Å². The molecule has 6 heteroatoms. The predicted octanol–water partition coefficient (Wildman–Crippen LogP) is 5.07. The summed E-state index contributed by atoms with van der Waals surface area (Å²) in [4.78, 5) is 3.83. The Labute approximate surface area is 118 Å². The summed E-state index contributed by atoms with van der Waals surface area (Å²) < 4.78 is 0. The first-order valence-electron chi connectivity index (χ1n) is 4.49. The molecular formula is C11H5Cl4NO. The lowest BCUT2D eigenvalue weighted by Crippen LogP contribution is -1.86. The molecule has 17 heavy (non-hydrogen) atoms. The van der Waals surface area contributed by atoms with E-state index in [1.54, 1.807) is 12.1 Å². The topological polar surface area (TPSA) is 33.1 Å². The Balaban J connectivity index is 2.69. The second-order valence-corrected chi connectivity index (χ2v) is 4.78. The highest BCUT2D eigenvalue weighted by atomic mass is 35.5. The summed E-state index contributed by atoms with van der Waals surface area (Å²) in [6.07, 6.45) is 1.25. The average molecular weight is 309 g/mol. The minimum absolute atomic E-state index is 0.00783. The molecule has 0 fully saturated rings. The minimum atomic E-state index is -0.00783. The number of hydrogen-bond donors (Lipinski definition) is 1. The maximum absolute atomic E-state index is 9.39. The number of pyridine rings is 1. The predicted molar refractivity (Wildman–Crippen MR) is 71.4 cm³/mol. The van der Waals surface area contributed by atoms with Gasteiger partial charge in [-0.15, -0.1) is 0 Å². The van der Waals surface area contributed by atoms with Crippen molar-refractivity contribution in [3.8, 4) is 16.9 Å². The molecule has 2 aromatic rings. The van der Waals surface area contributed by atoms with Gasteiger partial charge in [-0.2, -0.15) is 0 Å². The summed E-state index contributed by atoms with van der Waals surface area (Å²) in [7, 11) is 0. The van der Waals surface area contributed by atoms with Gasteiger partial charge in [-0.3, -0.25) is 0 Å². The van der Waals surface area contributed by atoms with E-state index in [9.17, 15) is 5.11 Å². The maximum Gasteiger partial charge on any atom is 0.137 e. The molecule has 0 amide bonds. The first-order chi connectivity index (χ1) is 8.00. The van der Waals surface area contributed by atoms with E-state index in [1.807, 2.05) is 0 Å². The molecule has 0 aliphatic heterocycles. The molecular weight excluding hydrogens is 304 g/mol. The third-order valence-electron chi connectivity index (χ3n) is 2.15. The Hall–Kier alpha value is -0.670. The van der Waals surface area contributed by atoms with Gasteiger partial charge in [0.2, 0.25) is 0 Å². The van der Waals surface area contributed by atoms with Gasteiger partial charge in [0, 0.05) is 11.1 Å². The van der Waals surface area contributed by atoms with E-state index in [1.165, 1.54) is 12.3 Å². The lowest BCUT2D eigenvalue weighted by atomic mass is 10.1. The van der Waals surface area contributed by atoms with Crippen LogP contribution in [0.25, 0.3) is 11.1 Å². The van der Waals surface area contributed by atoms with Crippen LogP contribution in [0.3, 0.4) is 0 Å². The second kappa shape index (κ2) is 4.91. The van der Waals surface area contributed by atoms with E-state index >= 15 is 0 Å². The molecule has 2 rings (SSSR count). The SMILES string of the molecule is Oc1cnc(Cl)c(-c2ccc(Cl)c(Cl)c2Cl)c1. The highest BCUT2D eigenvalue weighted by molar-refractivity contribution is 6.49. The Morgan fingerprint density at radius 1 is 0.941 bits per heavy atom. The molecule has 0 unspecified atom stereocenters. The molecule has 88 valence electrons. The summed E-state index contributed by atoms with van der Waals surface area (Å²) in [6, 6.07) is 4.73. The quantitative estimate of drug-likeness (QED) is 0.589. The van der Waals surface area contributed by atoms with Crippen LogP contribution in [0.15, 0.2) is 24.4 Å². The zero-order chi connectivity index (χ0) is 12.6. The van der Waals surface area contributed by atoms with E-state index in [0.717, 1.165) is 0 Å². The Kier molecular flexibility index (Phi) is 3.69. The van der Waals surface area contributed by atoms with Crippen molar-refractivity contribution in [1.82, 2.24) is 4.98 Å². The zero-order valence-corrected chi connectivity index (χ0v) is 11.2. The molecule has 0 spiro atoms. The summed E-state index contributed by atoms with van der Waals surface area (Å²) in [5, 5.41) is 10.5. The van der Waals surface area contributed by atoms with Crippen LogP contribution in [0.2, 0.25) is 20.2 Å². The van der Waals surface area contributed by atoms with Crippen molar-refractivity contribution in [3.63, 3.8) is 0 Å². The van der Waals surface area contributed by atoms with Crippen molar-refractivity contribution >= 4 is 46.4 Å². The fraction of sp³-hybridized carbons (Fsp3) is 0. The molecule has 0 aliphatic carbocycles. The summed E-state index contributed by atoms with van der Waals surface area (Å²) in [5.41, 5.74) is 1.06. The number of aromatic nitrogens is 1. The molecule has 1 heterocycles. The lowest BCUT2D eigenvalue weighted by Gasteiger charge is -2.09. The first-order valence-corrected chi connectivity index (χ1v) is 6.00. The lowest BCUT2D eigenvalue weighted by molar-refractivity contribution is 0.473. The minimum Gasteiger partial charge on any atom is -0.506 e. The van der Waals surface area contributed by atoms with Crippen molar-refractivity contribution in [1.29, 1.82) is 0 Å². The molecule has 1 N–H and O–H groups in total. The van der Waals surface area contributed by atoms with E-state index in [2.05, 4.69) is 4.98 Å². The van der Waals surface area contributed by atoms with E-state index in [-0.39, 0.29) is 20.9 Å². The molecule has 1 aromatic carbocycles. The van der Waals surface area contributed by atoms with Crippen LogP contribution in [-0.2, 0) is 0 Å². The average Bonchev–Trinajstić information content (AvgIpc) is 2.30. The van der Waals surface area contributed by atoms with E-state index in [4.69, 9.17) is 46.4 Å².